The Kier molecular flexibility index (Phi) is 31.6. The maximum absolute atomic E-state index is 12.9. The number of ether oxygens (including phenoxy) is 6. The molecular weight excluding hydrogens is 805 g/mol. The van der Waals surface area contributed by atoms with Gasteiger partial charge in [0.2, 0.25) is 0 Å². The van der Waals surface area contributed by atoms with Crippen molar-refractivity contribution >= 4 is 11.9 Å². The van der Waals surface area contributed by atoms with Crippen molar-refractivity contribution in [1.29, 1.82) is 0 Å². The predicted octanol–water partition coefficient (Wildman–Crippen LogP) is 5.37. The molecular formula is C47H82O15. The quantitative estimate of drug-likeness (QED) is 0.0241. The Balaban J connectivity index is 1.84. The fourth-order valence-corrected chi connectivity index (χ4v) is 7.23. The summed E-state index contributed by atoms with van der Waals surface area (Å²) in [6.07, 6.45) is 17.6. The lowest BCUT2D eigenvalue weighted by Gasteiger charge is -2.42. The van der Waals surface area contributed by atoms with Crippen LogP contribution in [0.2, 0.25) is 0 Å². The zero-order valence-electron chi connectivity index (χ0n) is 37.6. The molecule has 2 aliphatic heterocycles. The molecule has 4 unspecified atom stereocenters. The standard InChI is InChI=1S/C47H82O15/c1-3-5-7-9-11-13-15-16-17-18-20-21-23-25-27-29-38(49)57-32-35(60-39(50)30-28-26-24-22-19-14-12-10-8-6-4-2)33-58-46-45(56)43(54)41(52)37(62-46)34-59-47-44(55)42(53)40(51)36(31-48)61-47/h5,7,11,13,16-17,35-37,40-48,51-56H,3-4,6,8-10,12,14-15,18-34H2,1-2H3/b7-5+,13-11+,17-16+/t35-,36-,37-,40+,41+,42?,43?,44?,45?,46-,47-/m1/s1. The Labute approximate surface area is 370 Å². The Morgan fingerprint density at radius 2 is 1.02 bits per heavy atom. The molecule has 62 heavy (non-hydrogen) atoms. The lowest BCUT2D eigenvalue weighted by Crippen LogP contribution is -2.61. The van der Waals surface area contributed by atoms with E-state index in [0.717, 1.165) is 70.6 Å². The van der Waals surface area contributed by atoms with Crippen LogP contribution in [0, 0.1) is 0 Å². The van der Waals surface area contributed by atoms with Crippen LogP contribution < -0.4 is 0 Å². The number of aliphatic hydroxyl groups is 7. The van der Waals surface area contributed by atoms with Crippen LogP contribution in [0.1, 0.15) is 155 Å². The number of rotatable bonds is 35. The molecule has 0 aromatic carbocycles. The average molecular weight is 887 g/mol. The Hall–Kier alpha value is -2.28. The van der Waals surface area contributed by atoms with E-state index in [-0.39, 0.29) is 26.1 Å². The Morgan fingerprint density at radius 3 is 1.60 bits per heavy atom. The molecule has 360 valence electrons. The van der Waals surface area contributed by atoms with Gasteiger partial charge in [-0.15, -0.1) is 0 Å². The summed E-state index contributed by atoms with van der Waals surface area (Å²) in [5.41, 5.74) is 0. The Bertz CT molecular complexity index is 1230. The first-order chi connectivity index (χ1) is 30.0. The SMILES string of the molecule is CC/C=C/C/C=C/C/C=C/CCCCCCCC(=O)OC[C@H](CO[C@@H]1O[C@H](CO[C@@H]2O[C@H](CO)[C@H](O)C(O)C2O)[C@H](O)C(O)C1O)OC(=O)CCCCCCCCCCCCC. The summed E-state index contributed by atoms with van der Waals surface area (Å²) in [4.78, 5) is 25.6. The molecule has 0 aliphatic carbocycles. The monoisotopic (exact) mass is 887 g/mol. The molecule has 0 aromatic rings. The van der Waals surface area contributed by atoms with Crippen molar-refractivity contribution in [3.63, 3.8) is 0 Å². The van der Waals surface area contributed by atoms with Gasteiger partial charge in [0.25, 0.3) is 0 Å². The molecule has 2 aliphatic rings. The minimum atomic E-state index is -1.76. The molecule has 11 atom stereocenters. The molecule has 0 amide bonds. The van der Waals surface area contributed by atoms with Crippen molar-refractivity contribution in [2.75, 3.05) is 26.4 Å². The van der Waals surface area contributed by atoms with Crippen LogP contribution in [-0.2, 0) is 38.0 Å². The third kappa shape index (κ3) is 23.6. The van der Waals surface area contributed by atoms with Crippen LogP contribution in [0.25, 0.3) is 0 Å². The van der Waals surface area contributed by atoms with Crippen LogP contribution in [0.3, 0.4) is 0 Å². The van der Waals surface area contributed by atoms with Crippen LogP contribution >= 0.6 is 0 Å². The van der Waals surface area contributed by atoms with E-state index in [0.29, 0.717) is 12.8 Å². The van der Waals surface area contributed by atoms with Crippen molar-refractivity contribution in [2.45, 2.75) is 223 Å². The summed E-state index contributed by atoms with van der Waals surface area (Å²) in [7, 11) is 0. The zero-order chi connectivity index (χ0) is 45.4. The molecule has 7 N–H and O–H groups in total. The molecule has 0 saturated carbocycles. The Morgan fingerprint density at radius 1 is 0.532 bits per heavy atom. The van der Waals surface area contributed by atoms with E-state index in [1.807, 2.05) is 0 Å². The summed E-state index contributed by atoms with van der Waals surface area (Å²) < 4.78 is 33.4. The van der Waals surface area contributed by atoms with Crippen LogP contribution in [0.5, 0.6) is 0 Å². The van der Waals surface area contributed by atoms with Gasteiger partial charge in [0.15, 0.2) is 18.7 Å². The van der Waals surface area contributed by atoms with E-state index < -0.39 is 92.7 Å². The summed E-state index contributed by atoms with van der Waals surface area (Å²) in [6.45, 7) is 2.43. The van der Waals surface area contributed by atoms with Crippen molar-refractivity contribution in [3.8, 4) is 0 Å². The number of unbranched alkanes of at least 4 members (excludes halogenated alkanes) is 15. The highest BCUT2D eigenvalue weighted by Crippen LogP contribution is 2.26. The second kappa shape index (κ2) is 35.0. The number of carbonyl (C=O) groups is 2. The zero-order valence-corrected chi connectivity index (χ0v) is 37.6. The van der Waals surface area contributed by atoms with Crippen LogP contribution in [-0.4, -0.2) is 142 Å². The lowest BCUT2D eigenvalue weighted by molar-refractivity contribution is -0.332. The molecule has 0 aromatic heterocycles. The van der Waals surface area contributed by atoms with Gasteiger partial charge in [-0.25, -0.2) is 0 Å². The van der Waals surface area contributed by atoms with E-state index in [4.69, 9.17) is 28.4 Å². The number of carbonyl (C=O) groups excluding carboxylic acids is 2. The highest BCUT2D eigenvalue weighted by Gasteiger charge is 2.47. The normalized spacial score (nSPS) is 27.4. The summed E-state index contributed by atoms with van der Waals surface area (Å²) >= 11 is 0. The first kappa shape index (κ1) is 55.9. The van der Waals surface area contributed by atoms with Crippen LogP contribution in [0.15, 0.2) is 36.5 Å². The smallest absolute Gasteiger partial charge is 0.306 e. The predicted molar refractivity (Wildman–Crippen MR) is 234 cm³/mol. The maximum atomic E-state index is 12.9. The summed E-state index contributed by atoms with van der Waals surface area (Å²) in [6, 6.07) is 0. The number of allylic oxidation sites excluding steroid dienone is 6. The van der Waals surface area contributed by atoms with Gasteiger partial charge in [-0.05, 0) is 44.9 Å². The van der Waals surface area contributed by atoms with Gasteiger partial charge in [0, 0.05) is 12.8 Å². The summed E-state index contributed by atoms with van der Waals surface area (Å²) in [5, 5.41) is 71.9. The van der Waals surface area contributed by atoms with E-state index in [1.54, 1.807) is 0 Å². The van der Waals surface area contributed by atoms with Gasteiger partial charge in [-0.1, -0.05) is 134 Å². The minimum Gasteiger partial charge on any atom is -0.462 e. The fraction of sp³-hybridized carbons (Fsp3) is 0.830. The van der Waals surface area contributed by atoms with Crippen molar-refractivity contribution in [3.05, 3.63) is 36.5 Å². The highest BCUT2D eigenvalue weighted by molar-refractivity contribution is 5.70. The molecule has 0 bridgehead atoms. The molecule has 15 nitrogen and oxygen atoms in total. The number of hydrogen-bond acceptors (Lipinski definition) is 15. The molecule has 15 heteroatoms. The van der Waals surface area contributed by atoms with Crippen molar-refractivity contribution < 1.29 is 73.8 Å². The first-order valence-electron chi connectivity index (χ1n) is 23.6. The molecule has 0 spiro atoms. The maximum Gasteiger partial charge on any atom is 0.306 e. The van der Waals surface area contributed by atoms with Gasteiger partial charge >= 0.3 is 11.9 Å². The van der Waals surface area contributed by atoms with Gasteiger partial charge in [-0.2, -0.15) is 0 Å². The second-order valence-electron chi connectivity index (χ2n) is 16.6. The molecule has 2 heterocycles. The van der Waals surface area contributed by atoms with Gasteiger partial charge in [0.05, 0.1) is 19.8 Å². The molecule has 0 radical (unpaired) electrons. The van der Waals surface area contributed by atoms with E-state index in [2.05, 4.69) is 50.3 Å². The van der Waals surface area contributed by atoms with Gasteiger partial charge in [-0.3, -0.25) is 9.59 Å². The second-order valence-corrected chi connectivity index (χ2v) is 16.6. The third-order valence-electron chi connectivity index (χ3n) is 11.1. The molecule has 2 fully saturated rings. The van der Waals surface area contributed by atoms with Gasteiger partial charge < -0.3 is 64.2 Å². The third-order valence-corrected chi connectivity index (χ3v) is 11.1. The van der Waals surface area contributed by atoms with Gasteiger partial charge in [0.1, 0.15) is 55.4 Å². The number of aliphatic hydroxyl groups excluding tert-OH is 7. The molecule has 2 rings (SSSR count). The minimum absolute atomic E-state index is 0.163. The van der Waals surface area contributed by atoms with E-state index in [9.17, 15) is 45.3 Å². The van der Waals surface area contributed by atoms with Crippen molar-refractivity contribution in [1.82, 2.24) is 0 Å². The molecule has 2 saturated heterocycles. The fourth-order valence-electron chi connectivity index (χ4n) is 7.23. The lowest BCUT2D eigenvalue weighted by atomic mass is 9.98. The summed E-state index contributed by atoms with van der Waals surface area (Å²) in [5.74, 6) is -0.946. The van der Waals surface area contributed by atoms with E-state index >= 15 is 0 Å². The van der Waals surface area contributed by atoms with Crippen LogP contribution in [0.4, 0.5) is 0 Å². The van der Waals surface area contributed by atoms with E-state index in [1.165, 1.54) is 44.9 Å². The number of hydrogen-bond donors (Lipinski definition) is 7. The van der Waals surface area contributed by atoms with Crippen molar-refractivity contribution in [2.24, 2.45) is 0 Å². The largest absolute Gasteiger partial charge is 0.462 e. The average Bonchev–Trinajstić information content (AvgIpc) is 3.26. The topological polar surface area (TPSA) is 231 Å². The number of esters is 2. The highest BCUT2D eigenvalue weighted by atomic mass is 16.7. The first-order valence-corrected chi connectivity index (χ1v) is 23.6.